The molecule has 1 aromatic rings. The van der Waals surface area contributed by atoms with Gasteiger partial charge in [0, 0.05) is 13.5 Å². The summed E-state index contributed by atoms with van der Waals surface area (Å²) in [5.74, 6) is 0.934. The Bertz CT molecular complexity index is 368. The van der Waals surface area contributed by atoms with E-state index in [1.807, 2.05) is 45.0 Å². The Kier molecular flexibility index (Phi) is 5.86. The second-order valence-electron chi connectivity index (χ2n) is 4.57. The standard InChI is InChI=1S/C15H22O3/c1-5-6-14(16)15(17-4)12-7-9-13(10-8-12)18-11(2)3/h7-11,15H,5-6H2,1-4H3. The maximum Gasteiger partial charge on any atom is 0.166 e. The topological polar surface area (TPSA) is 35.5 Å². The molecule has 18 heavy (non-hydrogen) atoms. The molecule has 0 amide bonds. The molecule has 0 aliphatic rings. The first-order chi connectivity index (χ1) is 8.58. The number of methoxy groups -OCH3 is 1. The van der Waals surface area contributed by atoms with Gasteiger partial charge < -0.3 is 9.47 Å². The highest BCUT2D eigenvalue weighted by atomic mass is 16.5. The van der Waals surface area contributed by atoms with E-state index in [2.05, 4.69) is 0 Å². The van der Waals surface area contributed by atoms with Crippen molar-refractivity contribution in [3.05, 3.63) is 29.8 Å². The van der Waals surface area contributed by atoms with Gasteiger partial charge in [0.2, 0.25) is 0 Å². The smallest absolute Gasteiger partial charge is 0.166 e. The van der Waals surface area contributed by atoms with Crippen LogP contribution < -0.4 is 4.74 Å². The second kappa shape index (κ2) is 7.17. The van der Waals surface area contributed by atoms with Gasteiger partial charge in [-0.3, -0.25) is 4.79 Å². The highest BCUT2D eigenvalue weighted by Gasteiger charge is 2.18. The molecule has 0 fully saturated rings. The fourth-order valence-corrected chi connectivity index (χ4v) is 1.82. The minimum absolute atomic E-state index is 0.123. The van der Waals surface area contributed by atoms with Crippen LogP contribution in [0.25, 0.3) is 0 Å². The number of carbonyl (C=O) groups excluding carboxylic acids is 1. The molecule has 100 valence electrons. The summed E-state index contributed by atoms with van der Waals surface area (Å²) in [7, 11) is 1.57. The summed E-state index contributed by atoms with van der Waals surface area (Å²) < 4.78 is 10.8. The van der Waals surface area contributed by atoms with Crippen molar-refractivity contribution in [3.8, 4) is 5.75 Å². The number of rotatable bonds is 7. The molecule has 0 aliphatic heterocycles. The van der Waals surface area contributed by atoms with Crippen molar-refractivity contribution < 1.29 is 14.3 Å². The molecule has 0 saturated heterocycles. The molecule has 3 nitrogen and oxygen atoms in total. The predicted octanol–water partition coefficient (Wildman–Crippen LogP) is 3.53. The number of hydrogen-bond donors (Lipinski definition) is 0. The lowest BCUT2D eigenvalue weighted by Gasteiger charge is -2.15. The third kappa shape index (κ3) is 4.15. The number of Topliss-reactive ketones (excluding diaryl/α,β-unsaturated/α-hetero) is 1. The van der Waals surface area contributed by atoms with Crippen LogP contribution in [0.4, 0.5) is 0 Å². The van der Waals surface area contributed by atoms with Gasteiger partial charge >= 0.3 is 0 Å². The van der Waals surface area contributed by atoms with Crippen molar-refractivity contribution >= 4 is 5.78 Å². The third-order valence-corrected chi connectivity index (χ3v) is 2.58. The Morgan fingerprint density at radius 3 is 2.28 bits per heavy atom. The van der Waals surface area contributed by atoms with Crippen LogP contribution in [0, 0.1) is 0 Å². The quantitative estimate of drug-likeness (QED) is 0.742. The van der Waals surface area contributed by atoms with Gasteiger partial charge in [-0.05, 0) is 38.0 Å². The summed E-state index contributed by atoms with van der Waals surface area (Å²) in [6, 6.07) is 7.53. The lowest BCUT2D eigenvalue weighted by atomic mass is 10.0. The number of ketones is 1. The lowest BCUT2D eigenvalue weighted by molar-refractivity contribution is -0.129. The molecule has 0 heterocycles. The van der Waals surface area contributed by atoms with Gasteiger partial charge in [-0.2, -0.15) is 0 Å². The molecular formula is C15H22O3. The molecule has 3 heteroatoms. The summed E-state index contributed by atoms with van der Waals surface area (Å²) in [5, 5.41) is 0. The van der Waals surface area contributed by atoms with E-state index in [9.17, 15) is 4.79 Å². The lowest BCUT2D eigenvalue weighted by Crippen LogP contribution is -2.14. The third-order valence-electron chi connectivity index (χ3n) is 2.58. The summed E-state index contributed by atoms with van der Waals surface area (Å²) in [4.78, 5) is 11.9. The molecule has 1 unspecified atom stereocenters. The normalized spacial score (nSPS) is 12.5. The van der Waals surface area contributed by atoms with Crippen LogP contribution >= 0.6 is 0 Å². The Morgan fingerprint density at radius 2 is 1.83 bits per heavy atom. The maximum atomic E-state index is 11.9. The van der Waals surface area contributed by atoms with Gasteiger partial charge in [0.15, 0.2) is 5.78 Å². The number of carbonyl (C=O) groups is 1. The average Bonchev–Trinajstić information content (AvgIpc) is 2.32. The first-order valence-electron chi connectivity index (χ1n) is 6.40. The van der Waals surface area contributed by atoms with Gasteiger partial charge in [0.25, 0.3) is 0 Å². The minimum Gasteiger partial charge on any atom is -0.491 e. The van der Waals surface area contributed by atoms with E-state index in [1.54, 1.807) is 7.11 Å². The largest absolute Gasteiger partial charge is 0.491 e. The molecule has 0 aliphatic carbocycles. The van der Waals surface area contributed by atoms with Crippen molar-refractivity contribution in [1.29, 1.82) is 0 Å². The van der Waals surface area contributed by atoms with E-state index in [4.69, 9.17) is 9.47 Å². The van der Waals surface area contributed by atoms with Crippen LogP contribution in [-0.2, 0) is 9.53 Å². The molecule has 1 atom stereocenters. The molecule has 0 N–H and O–H groups in total. The highest BCUT2D eigenvalue weighted by molar-refractivity contribution is 5.84. The zero-order valence-electron chi connectivity index (χ0n) is 11.6. The van der Waals surface area contributed by atoms with Crippen molar-refractivity contribution in [2.45, 2.75) is 45.8 Å². The summed E-state index contributed by atoms with van der Waals surface area (Å²) >= 11 is 0. The van der Waals surface area contributed by atoms with Crippen LogP contribution in [0.3, 0.4) is 0 Å². The van der Waals surface area contributed by atoms with Gasteiger partial charge in [0.1, 0.15) is 11.9 Å². The van der Waals surface area contributed by atoms with E-state index in [1.165, 1.54) is 0 Å². The number of benzene rings is 1. The maximum absolute atomic E-state index is 11.9. The molecular weight excluding hydrogens is 228 g/mol. The van der Waals surface area contributed by atoms with Crippen LogP contribution in [-0.4, -0.2) is 19.0 Å². The highest BCUT2D eigenvalue weighted by Crippen LogP contribution is 2.23. The van der Waals surface area contributed by atoms with Crippen molar-refractivity contribution in [3.63, 3.8) is 0 Å². The first-order valence-corrected chi connectivity index (χ1v) is 6.40. The Morgan fingerprint density at radius 1 is 1.22 bits per heavy atom. The average molecular weight is 250 g/mol. The Hall–Kier alpha value is -1.35. The van der Waals surface area contributed by atoms with E-state index in [0.717, 1.165) is 17.7 Å². The van der Waals surface area contributed by atoms with Gasteiger partial charge in [-0.1, -0.05) is 19.1 Å². The van der Waals surface area contributed by atoms with E-state index in [0.29, 0.717) is 6.42 Å². The SMILES string of the molecule is CCCC(=O)C(OC)c1ccc(OC(C)C)cc1. The van der Waals surface area contributed by atoms with Crippen LogP contribution in [0.15, 0.2) is 24.3 Å². The summed E-state index contributed by atoms with van der Waals surface area (Å²) in [6.07, 6.45) is 1.07. The van der Waals surface area contributed by atoms with E-state index < -0.39 is 6.10 Å². The Balaban J connectivity index is 2.78. The Labute approximate surface area is 109 Å². The van der Waals surface area contributed by atoms with Crippen molar-refractivity contribution in [1.82, 2.24) is 0 Å². The van der Waals surface area contributed by atoms with Gasteiger partial charge in [-0.15, -0.1) is 0 Å². The van der Waals surface area contributed by atoms with E-state index >= 15 is 0 Å². The van der Waals surface area contributed by atoms with Crippen LogP contribution in [0.2, 0.25) is 0 Å². The van der Waals surface area contributed by atoms with Crippen LogP contribution in [0.1, 0.15) is 45.3 Å². The second-order valence-corrected chi connectivity index (χ2v) is 4.57. The zero-order chi connectivity index (χ0) is 13.5. The molecule has 0 saturated carbocycles. The van der Waals surface area contributed by atoms with Gasteiger partial charge in [-0.25, -0.2) is 0 Å². The fraction of sp³-hybridized carbons (Fsp3) is 0.533. The van der Waals surface area contributed by atoms with Crippen molar-refractivity contribution in [2.75, 3.05) is 7.11 Å². The minimum atomic E-state index is -0.460. The molecule has 0 radical (unpaired) electrons. The monoisotopic (exact) mass is 250 g/mol. The zero-order valence-corrected chi connectivity index (χ0v) is 11.6. The fourth-order valence-electron chi connectivity index (χ4n) is 1.82. The number of hydrogen-bond acceptors (Lipinski definition) is 3. The molecule has 1 rings (SSSR count). The molecule has 0 spiro atoms. The number of ether oxygens (including phenoxy) is 2. The van der Waals surface area contributed by atoms with E-state index in [-0.39, 0.29) is 11.9 Å². The predicted molar refractivity (Wildman–Crippen MR) is 71.9 cm³/mol. The summed E-state index contributed by atoms with van der Waals surface area (Å²) in [5.41, 5.74) is 0.882. The molecule has 0 aromatic heterocycles. The molecule has 1 aromatic carbocycles. The van der Waals surface area contributed by atoms with Crippen molar-refractivity contribution in [2.24, 2.45) is 0 Å². The first kappa shape index (κ1) is 14.7. The van der Waals surface area contributed by atoms with Gasteiger partial charge in [0.05, 0.1) is 6.10 Å². The van der Waals surface area contributed by atoms with Crippen LogP contribution in [0.5, 0.6) is 5.75 Å². The summed E-state index contributed by atoms with van der Waals surface area (Å²) in [6.45, 7) is 5.96. The molecule has 0 bridgehead atoms.